The van der Waals surface area contributed by atoms with E-state index in [2.05, 4.69) is 15.3 Å². The predicted molar refractivity (Wildman–Crippen MR) is 108 cm³/mol. The first-order valence-electron chi connectivity index (χ1n) is 8.86. The Morgan fingerprint density at radius 3 is 2.40 bits per heavy atom. The van der Waals surface area contributed by atoms with Crippen LogP contribution in [0.5, 0.6) is 5.75 Å². The van der Waals surface area contributed by atoms with Gasteiger partial charge in [-0.15, -0.1) is 0 Å². The van der Waals surface area contributed by atoms with Gasteiger partial charge in [-0.1, -0.05) is 0 Å². The molecular formula is C22H14FN3O4. The third-order valence-electron chi connectivity index (χ3n) is 4.35. The van der Waals surface area contributed by atoms with Crippen LogP contribution in [0.1, 0.15) is 20.7 Å². The first kappa shape index (κ1) is 19.0. The molecule has 4 rings (SSSR count). The molecule has 2 N–H and O–H groups in total. The number of amides is 1. The molecule has 0 atom stereocenters. The van der Waals surface area contributed by atoms with Crippen LogP contribution in [-0.2, 0) is 0 Å². The van der Waals surface area contributed by atoms with Crippen molar-refractivity contribution >= 4 is 28.3 Å². The van der Waals surface area contributed by atoms with Gasteiger partial charge in [0, 0.05) is 35.2 Å². The Morgan fingerprint density at radius 1 is 0.933 bits per heavy atom. The number of hydrogen-bond donors (Lipinski definition) is 2. The normalized spacial score (nSPS) is 10.6. The number of halogens is 1. The highest BCUT2D eigenvalue weighted by Crippen LogP contribution is 2.20. The molecule has 0 radical (unpaired) electrons. The Bertz CT molecular complexity index is 1300. The number of nitrogens with one attached hydrogen (secondary N) is 2. The van der Waals surface area contributed by atoms with Crippen LogP contribution in [0.4, 0.5) is 10.1 Å². The fourth-order valence-electron chi connectivity index (χ4n) is 2.84. The van der Waals surface area contributed by atoms with Crippen LogP contribution in [0.15, 0.2) is 78.0 Å². The summed E-state index contributed by atoms with van der Waals surface area (Å²) in [6.07, 6.45) is 4.16. The molecule has 148 valence electrons. The lowest BCUT2D eigenvalue weighted by molar-refractivity contribution is 0.0736. The van der Waals surface area contributed by atoms with Crippen molar-refractivity contribution in [2.45, 2.75) is 0 Å². The van der Waals surface area contributed by atoms with Crippen LogP contribution in [-0.4, -0.2) is 21.8 Å². The summed E-state index contributed by atoms with van der Waals surface area (Å²) in [5.41, 5.74) is 0.594. The second-order valence-corrected chi connectivity index (χ2v) is 6.33. The van der Waals surface area contributed by atoms with E-state index in [1.807, 2.05) is 0 Å². The second-order valence-electron chi connectivity index (χ2n) is 6.33. The van der Waals surface area contributed by atoms with Crippen molar-refractivity contribution in [3.63, 3.8) is 0 Å². The highest BCUT2D eigenvalue weighted by Gasteiger charge is 2.14. The maximum atomic E-state index is 13.0. The Hall–Kier alpha value is -4.33. The number of aromatic nitrogens is 2. The minimum absolute atomic E-state index is 0.160. The molecule has 4 aromatic rings. The van der Waals surface area contributed by atoms with E-state index in [0.29, 0.717) is 16.6 Å². The summed E-state index contributed by atoms with van der Waals surface area (Å²) in [5.74, 6) is -1.24. The molecule has 0 fully saturated rings. The Balaban J connectivity index is 1.48. The number of H-pyrrole nitrogens is 1. The van der Waals surface area contributed by atoms with Crippen LogP contribution in [0.3, 0.4) is 0 Å². The Morgan fingerprint density at radius 2 is 1.67 bits per heavy atom. The van der Waals surface area contributed by atoms with Gasteiger partial charge in [-0.2, -0.15) is 0 Å². The highest BCUT2D eigenvalue weighted by atomic mass is 19.1. The first-order chi connectivity index (χ1) is 14.5. The van der Waals surface area contributed by atoms with E-state index in [4.69, 9.17) is 4.74 Å². The molecule has 0 aliphatic heterocycles. The number of rotatable bonds is 4. The zero-order valence-corrected chi connectivity index (χ0v) is 15.4. The summed E-state index contributed by atoms with van der Waals surface area (Å²) < 4.78 is 18.3. The Kier molecular flexibility index (Phi) is 5.04. The zero-order chi connectivity index (χ0) is 21.1. The summed E-state index contributed by atoms with van der Waals surface area (Å²) in [6, 6.07) is 12.9. The average molecular weight is 403 g/mol. The molecule has 0 saturated carbocycles. The van der Waals surface area contributed by atoms with Gasteiger partial charge in [0.15, 0.2) is 0 Å². The number of benzene rings is 2. The van der Waals surface area contributed by atoms with Gasteiger partial charge in [0.05, 0.1) is 10.9 Å². The number of aromatic amines is 1. The molecule has 0 aliphatic carbocycles. The summed E-state index contributed by atoms with van der Waals surface area (Å²) in [6.45, 7) is 0. The van der Waals surface area contributed by atoms with Crippen molar-refractivity contribution in [1.82, 2.24) is 9.97 Å². The van der Waals surface area contributed by atoms with E-state index in [0.717, 1.165) is 0 Å². The van der Waals surface area contributed by atoms with E-state index < -0.39 is 17.7 Å². The van der Waals surface area contributed by atoms with E-state index in [9.17, 15) is 18.8 Å². The molecule has 30 heavy (non-hydrogen) atoms. The van der Waals surface area contributed by atoms with Crippen molar-refractivity contribution in [1.29, 1.82) is 0 Å². The lowest BCUT2D eigenvalue weighted by Gasteiger charge is -2.08. The molecule has 1 amide bonds. The Labute approximate surface area is 169 Å². The van der Waals surface area contributed by atoms with Crippen LogP contribution >= 0.6 is 0 Å². The highest BCUT2D eigenvalue weighted by molar-refractivity contribution is 6.05. The predicted octanol–water partition coefficient (Wildman–Crippen LogP) is 3.53. The molecule has 2 aromatic heterocycles. The second kappa shape index (κ2) is 7.96. The van der Waals surface area contributed by atoms with Gasteiger partial charge in [-0.3, -0.25) is 14.6 Å². The molecule has 2 heterocycles. The van der Waals surface area contributed by atoms with Gasteiger partial charge < -0.3 is 15.0 Å². The number of pyridine rings is 2. The molecule has 0 spiro atoms. The standard InChI is InChI=1S/C22H14FN3O4/c23-14-3-1-13(2-4-14)20(27)26-15-5-7-16(8-6-15)30-22(29)19-12-24-11-18-17(19)9-10-25-21(18)28/h1-12H,(H,25,28)(H,26,27). The lowest BCUT2D eigenvalue weighted by Crippen LogP contribution is -2.13. The summed E-state index contributed by atoms with van der Waals surface area (Å²) in [4.78, 5) is 43.0. The quantitative estimate of drug-likeness (QED) is 0.401. The minimum Gasteiger partial charge on any atom is -0.423 e. The van der Waals surface area contributed by atoms with E-state index >= 15 is 0 Å². The summed E-state index contributed by atoms with van der Waals surface area (Å²) >= 11 is 0. The van der Waals surface area contributed by atoms with Gasteiger partial charge in [-0.25, -0.2) is 9.18 Å². The largest absolute Gasteiger partial charge is 0.423 e. The van der Waals surface area contributed by atoms with Gasteiger partial charge in [0.2, 0.25) is 0 Å². The van der Waals surface area contributed by atoms with Crippen LogP contribution in [0, 0.1) is 5.82 Å². The lowest BCUT2D eigenvalue weighted by atomic mass is 10.1. The number of ether oxygens (including phenoxy) is 1. The van der Waals surface area contributed by atoms with Gasteiger partial charge >= 0.3 is 5.97 Å². The minimum atomic E-state index is -0.665. The average Bonchev–Trinajstić information content (AvgIpc) is 2.75. The van der Waals surface area contributed by atoms with Crippen molar-refractivity contribution < 1.29 is 18.7 Å². The maximum absolute atomic E-state index is 13.0. The van der Waals surface area contributed by atoms with Crippen LogP contribution in [0.2, 0.25) is 0 Å². The molecule has 0 aliphatic rings. The number of esters is 1. The number of fused-ring (bicyclic) bond motifs is 1. The van der Waals surface area contributed by atoms with Crippen LogP contribution < -0.4 is 15.6 Å². The third kappa shape index (κ3) is 3.93. The number of anilines is 1. The van der Waals surface area contributed by atoms with Crippen molar-refractivity contribution in [2.24, 2.45) is 0 Å². The smallest absolute Gasteiger partial charge is 0.345 e. The summed E-state index contributed by atoms with van der Waals surface area (Å²) in [7, 11) is 0. The van der Waals surface area contributed by atoms with Gasteiger partial charge in [0.1, 0.15) is 11.6 Å². The van der Waals surface area contributed by atoms with E-state index in [1.54, 1.807) is 18.2 Å². The fraction of sp³-hybridized carbons (Fsp3) is 0. The number of hydrogen-bond acceptors (Lipinski definition) is 5. The summed E-state index contributed by atoms with van der Waals surface area (Å²) in [5, 5.41) is 3.39. The van der Waals surface area contributed by atoms with E-state index in [-0.39, 0.29) is 22.3 Å². The van der Waals surface area contributed by atoms with Crippen molar-refractivity contribution in [3.8, 4) is 5.75 Å². The molecule has 0 bridgehead atoms. The van der Waals surface area contributed by atoms with Crippen molar-refractivity contribution in [3.05, 3.63) is 100 Å². The van der Waals surface area contributed by atoms with Crippen LogP contribution in [0.25, 0.3) is 10.8 Å². The van der Waals surface area contributed by atoms with Gasteiger partial charge in [-0.05, 0) is 54.6 Å². The molecule has 8 heteroatoms. The number of nitrogens with zero attached hydrogens (tertiary/aromatic N) is 1. The zero-order valence-electron chi connectivity index (χ0n) is 15.4. The van der Waals surface area contributed by atoms with E-state index in [1.165, 1.54) is 55.0 Å². The molecular weight excluding hydrogens is 389 g/mol. The SMILES string of the molecule is O=C(Nc1ccc(OC(=O)c2cncc3c(=O)[nH]ccc23)cc1)c1ccc(F)cc1. The third-order valence-corrected chi connectivity index (χ3v) is 4.35. The molecule has 7 nitrogen and oxygen atoms in total. The van der Waals surface area contributed by atoms with Crippen molar-refractivity contribution in [2.75, 3.05) is 5.32 Å². The number of carbonyl (C=O) groups excluding carboxylic acids is 2. The molecule has 0 saturated heterocycles. The monoisotopic (exact) mass is 403 g/mol. The molecule has 2 aromatic carbocycles. The molecule has 0 unspecified atom stereocenters. The van der Waals surface area contributed by atoms with Gasteiger partial charge in [0.25, 0.3) is 11.5 Å². The number of carbonyl (C=O) groups is 2. The maximum Gasteiger partial charge on any atom is 0.345 e. The first-order valence-corrected chi connectivity index (χ1v) is 8.86. The topological polar surface area (TPSA) is 101 Å². The fourth-order valence-corrected chi connectivity index (χ4v) is 2.84.